The smallest absolute Gasteiger partial charge is 0.308 e. The Morgan fingerprint density at radius 1 is 1.18 bits per heavy atom. The summed E-state index contributed by atoms with van der Waals surface area (Å²) < 4.78 is 6.70. The van der Waals surface area contributed by atoms with Gasteiger partial charge in [-0.2, -0.15) is 0 Å². The fourth-order valence-corrected chi connectivity index (χ4v) is 6.79. The Labute approximate surface area is 168 Å². The molecule has 0 aromatic rings. The number of allylic oxidation sites excluding steroid dienone is 2. The lowest BCUT2D eigenvalue weighted by Gasteiger charge is -2.55. The van der Waals surface area contributed by atoms with Gasteiger partial charge in [0, 0.05) is 0 Å². The third-order valence-electron chi connectivity index (χ3n) is 8.39. The summed E-state index contributed by atoms with van der Waals surface area (Å²) in [6, 6.07) is 0. The summed E-state index contributed by atoms with van der Waals surface area (Å²) in [5.74, 6) is 0.448. The molecule has 8 atom stereocenters. The van der Waals surface area contributed by atoms with E-state index in [0.717, 1.165) is 25.2 Å². The zero-order valence-electron chi connectivity index (χ0n) is 17.9. The van der Waals surface area contributed by atoms with Gasteiger partial charge in [-0.1, -0.05) is 25.5 Å². The van der Waals surface area contributed by atoms with Gasteiger partial charge in [-0.05, 0) is 82.5 Å². The Morgan fingerprint density at radius 3 is 2.57 bits per heavy atom. The van der Waals surface area contributed by atoms with Crippen molar-refractivity contribution in [3.05, 3.63) is 11.6 Å². The number of carbonyl (C=O) groups is 1. The van der Waals surface area contributed by atoms with E-state index in [1.807, 2.05) is 0 Å². The van der Waals surface area contributed by atoms with Gasteiger partial charge in [-0.25, -0.2) is 9.78 Å². The van der Waals surface area contributed by atoms with Crippen LogP contribution < -0.4 is 0 Å². The Kier molecular flexibility index (Phi) is 5.17. The van der Waals surface area contributed by atoms with Gasteiger partial charge in [-0.15, -0.1) is 0 Å². The lowest BCUT2D eigenvalue weighted by molar-refractivity contribution is -0.392. The molecule has 0 aromatic carbocycles. The van der Waals surface area contributed by atoms with Crippen LogP contribution in [0.15, 0.2) is 11.6 Å². The van der Waals surface area contributed by atoms with Crippen LogP contribution >= 0.6 is 0 Å². The van der Waals surface area contributed by atoms with Gasteiger partial charge in [0.15, 0.2) is 0 Å². The molecule has 28 heavy (non-hydrogen) atoms. The van der Waals surface area contributed by atoms with E-state index in [0.29, 0.717) is 18.3 Å². The molecule has 5 heteroatoms. The zero-order valence-corrected chi connectivity index (χ0v) is 17.9. The van der Waals surface area contributed by atoms with Gasteiger partial charge in [-0.3, -0.25) is 4.79 Å². The van der Waals surface area contributed by atoms with Crippen molar-refractivity contribution in [1.82, 2.24) is 0 Å². The quantitative estimate of drug-likeness (QED) is 0.554. The molecule has 0 aromatic heterocycles. The summed E-state index contributed by atoms with van der Waals surface area (Å²) in [5, 5.41) is 9.20. The summed E-state index contributed by atoms with van der Waals surface area (Å²) in [5.41, 5.74) is 1.63. The first kappa shape index (κ1) is 20.4. The summed E-state index contributed by atoms with van der Waals surface area (Å²) in [4.78, 5) is 22.4. The Hall–Kier alpha value is -0.910. The van der Waals surface area contributed by atoms with E-state index >= 15 is 0 Å². The maximum atomic E-state index is 11.2. The van der Waals surface area contributed by atoms with Crippen LogP contribution in [0.5, 0.6) is 0 Å². The second-order valence-electron chi connectivity index (χ2n) is 10.6. The van der Waals surface area contributed by atoms with E-state index in [2.05, 4.69) is 33.8 Å². The first-order valence-electron chi connectivity index (χ1n) is 11.0. The number of aliphatic carboxylic acids is 1. The number of hydrogen-bond donors (Lipinski definition) is 1. The molecule has 0 radical (unpaired) electrons. The largest absolute Gasteiger partial charge is 0.481 e. The predicted molar refractivity (Wildman–Crippen MR) is 106 cm³/mol. The van der Waals surface area contributed by atoms with Gasteiger partial charge >= 0.3 is 5.97 Å². The van der Waals surface area contributed by atoms with E-state index in [4.69, 9.17) is 14.5 Å². The Bertz CT molecular complexity index is 647. The van der Waals surface area contributed by atoms with Crippen LogP contribution in [0.3, 0.4) is 0 Å². The highest BCUT2D eigenvalue weighted by molar-refractivity contribution is 5.70. The normalized spacial score (nSPS) is 46.2. The molecule has 0 spiro atoms. The molecular formula is C23H36O5. The molecule has 1 unspecified atom stereocenters. The second-order valence-corrected chi connectivity index (χ2v) is 10.6. The Morgan fingerprint density at radius 2 is 1.93 bits per heavy atom. The molecule has 0 amide bonds. The molecule has 2 heterocycles. The molecule has 4 aliphatic rings. The lowest BCUT2D eigenvalue weighted by atomic mass is 9.51. The van der Waals surface area contributed by atoms with E-state index in [1.54, 1.807) is 6.92 Å². The van der Waals surface area contributed by atoms with Crippen molar-refractivity contribution in [1.29, 1.82) is 0 Å². The summed E-state index contributed by atoms with van der Waals surface area (Å²) in [7, 11) is 0. The molecule has 2 aliphatic heterocycles. The van der Waals surface area contributed by atoms with Crippen molar-refractivity contribution in [2.24, 2.45) is 29.1 Å². The molecule has 4 rings (SSSR count). The highest BCUT2D eigenvalue weighted by Crippen LogP contribution is 2.61. The highest BCUT2D eigenvalue weighted by Gasteiger charge is 2.60. The number of fused-ring (bicyclic) bond motifs is 2. The van der Waals surface area contributed by atoms with Crippen molar-refractivity contribution >= 4 is 5.97 Å². The fourth-order valence-electron chi connectivity index (χ4n) is 6.79. The van der Waals surface area contributed by atoms with Crippen LogP contribution in [0.1, 0.15) is 73.1 Å². The molecule has 5 nitrogen and oxygen atoms in total. The van der Waals surface area contributed by atoms with Crippen LogP contribution in [0.4, 0.5) is 0 Å². The summed E-state index contributed by atoms with van der Waals surface area (Å²) in [6.45, 7) is 11.1. The minimum atomic E-state index is -0.838. The molecule has 3 fully saturated rings. The van der Waals surface area contributed by atoms with Crippen molar-refractivity contribution in [3.63, 3.8) is 0 Å². The van der Waals surface area contributed by atoms with Crippen LogP contribution in [0.25, 0.3) is 0 Å². The average molecular weight is 393 g/mol. The zero-order chi connectivity index (χ0) is 20.3. The van der Waals surface area contributed by atoms with Gasteiger partial charge in [0.25, 0.3) is 0 Å². The van der Waals surface area contributed by atoms with Crippen molar-refractivity contribution in [2.75, 3.05) is 0 Å². The number of ether oxygens (including phenoxy) is 1. The van der Waals surface area contributed by atoms with Crippen molar-refractivity contribution in [3.8, 4) is 0 Å². The predicted octanol–water partition coefficient (Wildman–Crippen LogP) is 4.75. The van der Waals surface area contributed by atoms with Gasteiger partial charge in [0.1, 0.15) is 12.2 Å². The minimum Gasteiger partial charge on any atom is -0.481 e. The standard InChI is InChI=1S/C23H36O5/c1-13-6-7-16-15(10-13)12-23(5)20(22(16,3)4)11-19(26-23)18-9-8-17(27-28-18)14(2)21(24)25/h10,14-20H,6-9,11-12H2,1-5H3,(H,24,25)/t14?,15-,16-,17-,18+,19+,20+,23+/m0/s1. The monoisotopic (exact) mass is 392 g/mol. The van der Waals surface area contributed by atoms with Crippen LogP contribution in [-0.4, -0.2) is 35.0 Å². The maximum Gasteiger partial charge on any atom is 0.308 e. The van der Waals surface area contributed by atoms with E-state index in [9.17, 15) is 9.90 Å². The average Bonchev–Trinajstić information content (AvgIpc) is 2.99. The number of carboxylic acid groups (broad SMARTS) is 1. The molecule has 0 bridgehead atoms. The SMILES string of the molecule is CC1=C[C@H]2C[C@@]3(C)O[C@@H]([C@H]4CC[C@@H](C(C)C(=O)O)OO4)C[C@@H]3C(C)(C)[C@H]2CC1. The van der Waals surface area contributed by atoms with Crippen LogP contribution in [-0.2, 0) is 19.3 Å². The fraction of sp³-hybridized carbons (Fsp3) is 0.870. The van der Waals surface area contributed by atoms with Crippen molar-refractivity contribution in [2.45, 2.75) is 97.1 Å². The topological polar surface area (TPSA) is 65.0 Å². The van der Waals surface area contributed by atoms with Gasteiger partial charge < -0.3 is 9.84 Å². The summed E-state index contributed by atoms with van der Waals surface area (Å²) >= 11 is 0. The summed E-state index contributed by atoms with van der Waals surface area (Å²) in [6.07, 6.45) is 8.16. The van der Waals surface area contributed by atoms with E-state index in [1.165, 1.54) is 18.4 Å². The van der Waals surface area contributed by atoms with E-state index < -0.39 is 11.9 Å². The highest BCUT2D eigenvalue weighted by atomic mass is 17.2. The molecule has 2 saturated heterocycles. The molecule has 1 N–H and O–H groups in total. The third-order valence-corrected chi connectivity index (χ3v) is 8.39. The van der Waals surface area contributed by atoms with Crippen LogP contribution in [0, 0.1) is 29.1 Å². The molecular weight excluding hydrogens is 356 g/mol. The van der Waals surface area contributed by atoms with Crippen LogP contribution in [0.2, 0.25) is 0 Å². The minimum absolute atomic E-state index is 0.0283. The molecule has 1 saturated carbocycles. The first-order valence-corrected chi connectivity index (χ1v) is 11.0. The number of hydrogen-bond acceptors (Lipinski definition) is 4. The third kappa shape index (κ3) is 3.33. The van der Waals surface area contributed by atoms with Crippen molar-refractivity contribution < 1.29 is 24.4 Å². The van der Waals surface area contributed by atoms with E-state index in [-0.39, 0.29) is 29.3 Å². The number of rotatable bonds is 3. The second kappa shape index (κ2) is 7.10. The van der Waals surface area contributed by atoms with Gasteiger partial charge in [0.05, 0.1) is 17.6 Å². The first-order chi connectivity index (χ1) is 13.1. The Balaban J connectivity index is 1.46. The lowest BCUT2D eigenvalue weighted by Crippen LogP contribution is -2.53. The van der Waals surface area contributed by atoms with Gasteiger partial charge in [0.2, 0.25) is 0 Å². The molecule has 158 valence electrons. The maximum absolute atomic E-state index is 11.2. The molecule has 2 aliphatic carbocycles. The number of carboxylic acids is 1.